The quantitative estimate of drug-likeness (QED) is 0.932. The maximum absolute atomic E-state index is 6.22. The first-order valence-corrected chi connectivity index (χ1v) is 7.67. The summed E-state index contributed by atoms with van der Waals surface area (Å²) in [5.74, 6) is 1.28. The number of aryl methyl sites for hydroxylation is 2. The Labute approximate surface area is 129 Å². The van der Waals surface area contributed by atoms with Crippen LogP contribution in [0.25, 0.3) is 10.8 Å². The highest BCUT2D eigenvalue weighted by atomic mass is 35.5. The van der Waals surface area contributed by atoms with Gasteiger partial charge in [0, 0.05) is 4.88 Å². The fraction of sp³-hybridized carbons (Fsp3) is 0.571. The molecule has 0 amide bonds. The van der Waals surface area contributed by atoms with Gasteiger partial charge in [0.1, 0.15) is 0 Å². The highest BCUT2D eigenvalue weighted by Crippen LogP contribution is 2.38. The fourth-order valence-corrected chi connectivity index (χ4v) is 3.44. The maximum atomic E-state index is 6.22. The van der Waals surface area contributed by atoms with Crippen LogP contribution >= 0.6 is 23.7 Å². The lowest BCUT2D eigenvalue weighted by Crippen LogP contribution is -2.44. The number of hydrogen-bond donors (Lipinski definition) is 1. The zero-order chi connectivity index (χ0) is 13.5. The number of thiophene rings is 1. The molecule has 0 aromatic carbocycles. The van der Waals surface area contributed by atoms with Crippen LogP contribution in [0, 0.1) is 6.92 Å². The lowest BCUT2D eigenvalue weighted by molar-refractivity contribution is 0.229. The minimum Gasteiger partial charge on any atom is -0.333 e. The molecule has 2 aromatic rings. The summed E-state index contributed by atoms with van der Waals surface area (Å²) in [6, 6.07) is 2.17. The van der Waals surface area contributed by atoms with Crippen molar-refractivity contribution >= 4 is 23.7 Å². The topological polar surface area (TPSA) is 64.9 Å². The summed E-state index contributed by atoms with van der Waals surface area (Å²) in [5, 5.41) is 4.07. The molecule has 0 saturated heterocycles. The molecular weight excluding hydrogens is 294 g/mol. The normalized spacial score (nSPS) is 16.6. The van der Waals surface area contributed by atoms with Gasteiger partial charge in [-0.05, 0) is 44.2 Å². The summed E-state index contributed by atoms with van der Waals surface area (Å²) in [6.07, 6.45) is 5.31. The summed E-state index contributed by atoms with van der Waals surface area (Å²) in [7, 11) is 0. The third-order valence-electron chi connectivity index (χ3n) is 3.87. The van der Waals surface area contributed by atoms with E-state index in [-0.39, 0.29) is 17.9 Å². The maximum Gasteiger partial charge on any atom is 0.268 e. The molecule has 2 N–H and O–H groups in total. The molecule has 0 unspecified atom stereocenters. The predicted octanol–water partition coefficient (Wildman–Crippen LogP) is 3.82. The molecule has 2 aromatic heterocycles. The van der Waals surface area contributed by atoms with Gasteiger partial charge in [-0.1, -0.05) is 18.5 Å². The van der Waals surface area contributed by atoms with Crippen molar-refractivity contribution < 1.29 is 4.52 Å². The lowest BCUT2D eigenvalue weighted by Gasteiger charge is -2.34. The molecule has 0 bridgehead atoms. The van der Waals surface area contributed by atoms with Crippen LogP contribution in [0.2, 0.25) is 0 Å². The van der Waals surface area contributed by atoms with Crippen LogP contribution in [-0.2, 0) is 12.0 Å². The number of hydrogen-bond acceptors (Lipinski definition) is 5. The second-order valence-corrected chi connectivity index (χ2v) is 6.63. The minimum atomic E-state index is -0.347. The molecule has 3 rings (SSSR count). The number of rotatable bonds is 4. The van der Waals surface area contributed by atoms with E-state index >= 15 is 0 Å². The monoisotopic (exact) mass is 313 g/mol. The summed E-state index contributed by atoms with van der Waals surface area (Å²) in [5.41, 5.74) is 7.25. The van der Waals surface area contributed by atoms with E-state index in [1.807, 2.05) is 0 Å². The van der Waals surface area contributed by atoms with Crippen molar-refractivity contribution in [2.45, 2.75) is 51.5 Å². The minimum absolute atomic E-state index is 0. The second kappa shape index (κ2) is 5.84. The molecule has 4 nitrogen and oxygen atoms in total. The van der Waals surface area contributed by atoms with Gasteiger partial charge in [-0.2, -0.15) is 4.98 Å². The lowest BCUT2D eigenvalue weighted by atomic mass is 9.77. The van der Waals surface area contributed by atoms with Gasteiger partial charge in [0.05, 0.1) is 10.4 Å². The Balaban J connectivity index is 0.00000147. The number of nitrogens with two attached hydrogens (primary N) is 1. The van der Waals surface area contributed by atoms with E-state index in [0.29, 0.717) is 11.7 Å². The standard InChI is InChI=1S/C14H19N3OS.ClH/c1-3-5-10-8-11(19-9(10)2)12-16-13(17-18-12)14(15)6-4-7-14;/h8H,3-7,15H2,1-2H3;1H. The zero-order valence-corrected chi connectivity index (χ0v) is 13.4. The molecule has 0 radical (unpaired) electrons. The van der Waals surface area contributed by atoms with Gasteiger partial charge >= 0.3 is 0 Å². The number of nitrogens with zero attached hydrogens (tertiary/aromatic N) is 2. The molecule has 0 spiro atoms. The van der Waals surface area contributed by atoms with Crippen LogP contribution in [0.4, 0.5) is 0 Å². The highest BCUT2D eigenvalue weighted by Gasteiger charge is 2.39. The van der Waals surface area contributed by atoms with E-state index in [1.165, 1.54) is 10.4 Å². The molecule has 110 valence electrons. The molecule has 1 aliphatic rings. The van der Waals surface area contributed by atoms with E-state index < -0.39 is 0 Å². The van der Waals surface area contributed by atoms with Crippen LogP contribution in [-0.4, -0.2) is 10.1 Å². The second-order valence-electron chi connectivity index (χ2n) is 5.37. The van der Waals surface area contributed by atoms with Gasteiger partial charge < -0.3 is 10.3 Å². The van der Waals surface area contributed by atoms with E-state index in [9.17, 15) is 0 Å². The van der Waals surface area contributed by atoms with Gasteiger partial charge in [-0.15, -0.1) is 23.7 Å². The largest absolute Gasteiger partial charge is 0.333 e. The third kappa shape index (κ3) is 2.62. The van der Waals surface area contributed by atoms with Crippen molar-refractivity contribution in [3.05, 3.63) is 22.3 Å². The van der Waals surface area contributed by atoms with Crippen LogP contribution in [0.1, 0.15) is 48.9 Å². The summed E-state index contributed by atoms with van der Waals surface area (Å²) in [6.45, 7) is 4.34. The molecule has 1 fully saturated rings. The van der Waals surface area contributed by atoms with Crippen LogP contribution in [0.3, 0.4) is 0 Å². The predicted molar refractivity (Wildman–Crippen MR) is 83.3 cm³/mol. The molecule has 1 saturated carbocycles. The molecule has 1 aliphatic carbocycles. The Hall–Kier alpha value is -0.910. The number of aromatic nitrogens is 2. The smallest absolute Gasteiger partial charge is 0.268 e. The first-order chi connectivity index (χ1) is 9.12. The van der Waals surface area contributed by atoms with Gasteiger partial charge in [0.25, 0.3) is 5.89 Å². The van der Waals surface area contributed by atoms with Crippen molar-refractivity contribution in [1.82, 2.24) is 10.1 Å². The van der Waals surface area contributed by atoms with E-state index in [0.717, 1.165) is 37.0 Å². The van der Waals surface area contributed by atoms with E-state index in [2.05, 4.69) is 30.1 Å². The summed E-state index contributed by atoms with van der Waals surface area (Å²) >= 11 is 1.72. The Morgan fingerprint density at radius 3 is 2.80 bits per heavy atom. The van der Waals surface area contributed by atoms with Crippen molar-refractivity contribution in [3.63, 3.8) is 0 Å². The first kappa shape index (κ1) is 15.5. The zero-order valence-electron chi connectivity index (χ0n) is 11.8. The molecular formula is C14H20ClN3OS. The van der Waals surface area contributed by atoms with Crippen LogP contribution < -0.4 is 5.73 Å². The molecule has 20 heavy (non-hydrogen) atoms. The van der Waals surface area contributed by atoms with Crippen LogP contribution in [0.5, 0.6) is 0 Å². The van der Waals surface area contributed by atoms with Crippen molar-refractivity contribution in [2.75, 3.05) is 0 Å². The van der Waals surface area contributed by atoms with Crippen molar-refractivity contribution in [2.24, 2.45) is 5.73 Å². The van der Waals surface area contributed by atoms with Crippen molar-refractivity contribution in [3.8, 4) is 10.8 Å². The fourth-order valence-electron chi connectivity index (χ4n) is 2.45. The van der Waals surface area contributed by atoms with Gasteiger partial charge in [-0.25, -0.2) is 0 Å². The summed E-state index contributed by atoms with van der Waals surface area (Å²) < 4.78 is 5.39. The summed E-state index contributed by atoms with van der Waals surface area (Å²) in [4.78, 5) is 6.89. The Bertz CT molecular complexity index is 589. The third-order valence-corrected chi connectivity index (χ3v) is 4.95. The average molecular weight is 314 g/mol. The Kier molecular flexibility index (Phi) is 4.52. The van der Waals surface area contributed by atoms with E-state index in [4.69, 9.17) is 10.3 Å². The average Bonchev–Trinajstić information content (AvgIpc) is 2.95. The van der Waals surface area contributed by atoms with Gasteiger partial charge in [-0.3, -0.25) is 0 Å². The molecule has 2 heterocycles. The van der Waals surface area contributed by atoms with E-state index in [1.54, 1.807) is 11.3 Å². The molecule has 0 aliphatic heterocycles. The highest BCUT2D eigenvalue weighted by molar-refractivity contribution is 7.15. The van der Waals surface area contributed by atoms with Crippen LogP contribution in [0.15, 0.2) is 10.6 Å². The van der Waals surface area contributed by atoms with Gasteiger partial charge in [0.2, 0.25) is 0 Å². The Morgan fingerprint density at radius 1 is 1.45 bits per heavy atom. The number of halogens is 1. The van der Waals surface area contributed by atoms with Gasteiger partial charge in [0.15, 0.2) is 5.82 Å². The SMILES string of the molecule is CCCc1cc(-c2nc(C3(N)CCC3)no2)sc1C.Cl. The molecule has 6 heteroatoms. The first-order valence-electron chi connectivity index (χ1n) is 6.85. The Morgan fingerprint density at radius 2 is 2.20 bits per heavy atom. The van der Waals surface area contributed by atoms with Crippen molar-refractivity contribution in [1.29, 1.82) is 0 Å². The molecule has 0 atom stereocenters.